The summed E-state index contributed by atoms with van der Waals surface area (Å²) in [5, 5.41) is 31.3. The number of fused-ring (bicyclic) bond motifs is 3. The lowest BCUT2D eigenvalue weighted by Gasteiger charge is -2.37. The Labute approximate surface area is 162 Å². The number of phenolic OH excluding ortho intramolecular Hbond substituents is 2. The van der Waals surface area contributed by atoms with Crippen molar-refractivity contribution in [3.05, 3.63) is 41.0 Å². The summed E-state index contributed by atoms with van der Waals surface area (Å²) in [5.41, 5.74) is 0.463. The third-order valence-corrected chi connectivity index (χ3v) is 5.28. The molecule has 7 nitrogen and oxygen atoms in total. The van der Waals surface area contributed by atoms with Gasteiger partial charge in [-0.2, -0.15) is 0 Å². The van der Waals surface area contributed by atoms with Gasteiger partial charge in [-0.25, -0.2) is 0 Å². The Morgan fingerprint density at radius 3 is 2.61 bits per heavy atom. The Morgan fingerprint density at radius 2 is 1.93 bits per heavy atom. The maximum atomic E-state index is 12.8. The maximum absolute atomic E-state index is 12.8. The minimum absolute atomic E-state index is 0.0567. The zero-order chi connectivity index (χ0) is 20.2. The van der Waals surface area contributed by atoms with Crippen molar-refractivity contribution in [3.8, 4) is 28.7 Å². The van der Waals surface area contributed by atoms with Crippen LogP contribution in [0.15, 0.2) is 24.3 Å². The van der Waals surface area contributed by atoms with Gasteiger partial charge < -0.3 is 29.5 Å². The fourth-order valence-corrected chi connectivity index (χ4v) is 3.73. The van der Waals surface area contributed by atoms with Crippen LogP contribution in [0.4, 0.5) is 0 Å². The predicted molar refractivity (Wildman–Crippen MR) is 99.5 cm³/mol. The highest BCUT2D eigenvalue weighted by Crippen LogP contribution is 2.49. The van der Waals surface area contributed by atoms with E-state index in [-0.39, 0.29) is 28.4 Å². The number of rotatable bonds is 2. The molecule has 0 bridgehead atoms. The molecule has 0 fully saturated rings. The van der Waals surface area contributed by atoms with Crippen molar-refractivity contribution in [1.29, 1.82) is 0 Å². The lowest BCUT2D eigenvalue weighted by Crippen LogP contribution is -2.38. The van der Waals surface area contributed by atoms with Gasteiger partial charge in [-0.1, -0.05) is 0 Å². The van der Waals surface area contributed by atoms with Crippen LogP contribution in [0.3, 0.4) is 0 Å². The predicted octanol–water partition coefficient (Wildman–Crippen LogP) is 2.89. The van der Waals surface area contributed by atoms with Gasteiger partial charge in [0.25, 0.3) is 0 Å². The number of hydrogen-bond acceptors (Lipinski definition) is 7. The Kier molecular flexibility index (Phi) is 4.15. The van der Waals surface area contributed by atoms with Gasteiger partial charge in [0, 0.05) is 23.3 Å². The number of methoxy groups -OCH3 is 1. The van der Waals surface area contributed by atoms with E-state index < -0.39 is 23.6 Å². The molecule has 2 atom stereocenters. The molecule has 0 amide bonds. The van der Waals surface area contributed by atoms with Gasteiger partial charge in [-0.3, -0.25) is 4.79 Å². The van der Waals surface area contributed by atoms with Crippen LogP contribution in [0, 0.1) is 0 Å². The standard InChI is InChI=1S/C21H22O7/c1-21(2)7-6-12-15(28-21)9-14(23)16-17(24)18(25)20(27-19(12)16)11-5-4-10(26-3)8-13(11)22/h4-5,8-9,18,20,22-23,25H,6-7H2,1-3H3/t18-,20+/m0/s1. The van der Waals surface area contributed by atoms with Crippen LogP contribution >= 0.6 is 0 Å². The maximum Gasteiger partial charge on any atom is 0.202 e. The normalized spacial score (nSPS) is 22.5. The molecule has 3 N–H and O–H groups in total. The highest BCUT2D eigenvalue weighted by Gasteiger charge is 2.43. The topological polar surface area (TPSA) is 105 Å². The van der Waals surface area contributed by atoms with Gasteiger partial charge in [0.1, 0.15) is 39.9 Å². The first-order valence-corrected chi connectivity index (χ1v) is 9.05. The summed E-state index contributed by atoms with van der Waals surface area (Å²) in [4.78, 5) is 12.8. The summed E-state index contributed by atoms with van der Waals surface area (Å²) in [6.07, 6.45) is -1.39. The number of phenols is 2. The van der Waals surface area contributed by atoms with Crippen LogP contribution in [0.1, 0.15) is 47.9 Å². The monoisotopic (exact) mass is 386 g/mol. The molecule has 0 saturated carbocycles. The average Bonchev–Trinajstić information content (AvgIpc) is 2.63. The molecule has 2 heterocycles. The molecule has 0 saturated heterocycles. The van der Waals surface area contributed by atoms with Crippen LogP contribution in [0.25, 0.3) is 0 Å². The van der Waals surface area contributed by atoms with E-state index in [1.54, 1.807) is 6.07 Å². The van der Waals surface area contributed by atoms with Crippen molar-refractivity contribution in [2.24, 2.45) is 0 Å². The lowest BCUT2D eigenvalue weighted by molar-refractivity contribution is 0.0183. The number of Topliss-reactive ketones (excluding diaryl/α,β-unsaturated/α-hetero) is 1. The van der Waals surface area contributed by atoms with Crippen LogP contribution in [0.5, 0.6) is 28.7 Å². The Bertz CT molecular complexity index is 964. The first-order valence-electron chi connectivity index (χ1n) is 9.05. The smallest absolute Gasteiger partial charge is 0.202 e. The molecule has 2 aromatic carbocycles. The first kappa shape index (κ1) is 18.4. The first-order chi connectivity index (χ1) is 13.2. The molecule has 148 valence electrons. The molecule has 4 rings (SSSR count). The van der Waals surface area contributed by atoms with E-state index >= 15 is 0 Å². The quantitative estimate of drug-likeness (QED) is 0.729. The van der Waals surface area contributed by atoms with Gasteiger partial charge >= 0.3 is 0 Å². The summed E-state index contributed by atoms with van der Waals surface area (Å²) < 4.78 is 17.0. The van der Waals surface area contributed by atoms with Gasteiger partial charge in [0.15, 0.2) is 12.2 Å². The lowest BCUT2D eigenvalue weighted by atomic mass is 9.87. The Balaban J connectivity index is 1.82. The molecule has 2 aromatic rings. The van der Waals surface area contributed by atoms with E-state index in [0.29, 0.717) is 29.9 Å². The van der Waals surface area contributed by atoms with Crippen molar-refractivity contribution >= 4 is 5.78 Å². The van der Waals surface area contributed by atoms with E-state index in [4.69, 9.17) is 14.2 Å². The Morgan fingerprint density at radius 1 is 1.18 bits per heavy atom. The van der Waals surface area contributed by atoms with Crippen molar-refractivity contribution in [2.75, 3.05) is 7.11 Å². The number of hydrogen-bond donors (Lipinski definition) is 3. The molecule has 0 aliphatic carbocycles. The molecular formula is C21H22O7. The molecular weight excluding hydrogens is 364 g/mol. The number of ketones is 1. The second-order valence-corrected chi connectivity index (χ2v) is 7.71. The second kappa shape index (κ2) is 6.31. The zero-order valence-electron chi connectivity index (χ0n) is 15.9. The van der Waals surface area contributed by atoms with Crippen molar-refractivity contribution in [3.63, 3.8) is 0 Å². The van der Waals surface area contributed by atoms with Crippen molar-refractivity contribution in [1.82, 2.24) is 0 Å². The molecule has 2 aliphatic heterocycles. The van der Waals surface area contributed by atoms with Crippen LogP contribution in [-0.4, -0.2) is 39.9 Å². The summed E-state index contributed by atoms with van der Waals surface area (Å²) in [7, 11) is 1.47. The molecule has 2 aliphatic rings. The summed E-state index contributed by atoms with van der Waals surface area (Å²) in [5.74, 6) is -0.0371. The molecule has 0 spiro atoms. The van der Waals surface area contributed by atoms with E-state index in [1.807, 2.05) is 13.8 Å². The molecule has 7 heteroatoms. The number of aliphatic hydroxyl groups excluding tert-OH is 1. The molecule has 0 radical (unpaired) electrons. The minimum Gasteiger partial charge on any atom is -0.507 e. The fourth-order valence-electron chi connectivity index (χ4n) is 3.73. The second-order valence-electron chi connectivity index (χ2n) is 7.71. The number of aliphatic hydroxyl groups is 1. The molecule has 28 heavy (non-hydrogen) atoms. The fraction of sp³-hybridized carbons (Fsp3) is 0.381. The summed E-state index contributed by atoms with van der Waals surface area (Å²) >= 11 is 0. The average molecular weight is 386 g/mol. The van der Waals surface area contributed by atoms with Crippen LogP contribution in [0.2, 0.25) is 0 Å². The van der Waals surface area contributed by atoms with Gasteiger partial charge in [0.2, 0.25) is 5.78 Å². The van der Waals surface area contributed by atoms with Gasteiger partial charge in [-0.15, -0.1) is 0 Å². The van der Waals surface area contributed by atoms with E-state index in [1.165, 1.54) is 25.3 Å². The third kappa shape index (κ3) is 2.82. The van der Waals surface area contributed by atoms with Crippen LogP contribution in [-0.2, 0) is 6.42 Å². The van der Waals surface area contributed by atoms with Crippen molar-refractivity contribution < 1.29 is 34.3 Å². The number of aromatic hydroxyl groups is 2. The minimum atomic E-state index is -1.57. The number of carbonyl (C=O) groups is 1. The van der Waals surface area contributed by atoms with E-state index in [2.05, 4.69) is 0 Å². The zero-order valence-corrected chi connectivity index (χ0v) is 15.9. The van der Waals surface area contributed by atoms with E-state index in [0.717, 1.165) is 0 Å². The SMILES string of the molecule is COc1ccc([C@H]2Oc3c4c(cc(O)c3C(=O)[C@@H]2O)OC(C)(C)CC4)c(O)c1. The number of carbonyl (C=O) groups excluding carboxylic acids is 1. The van der Waals surface area contributed by atoms with E-state index in [9.17, 15) is 20.1 Å². The summed E-state index contributed by atoms with van der Waals surface area (Å²) in [6.45, 7) is 3.89. The number of benzene rings is 2. The Hall–Kier alpha value is -2.93. The van der Waals surface area contributed by atoms with Crippen LogP contribution < -0.4 is 14.2 Å². The molecule has 0 aromatic heterocycles. The summed E-state index contributed by atoms with van der Waals surface area (Å²) in [6, 6.07) is 5.92. The van der Waals surface area contributed by atoms with Crippen molar-refractivity contribution in [2.45, 2.75) is 44.5 Å². The third-order valence-electron chi connectivity index (χ3n) is 5.28. The highest BCUT2D eigenvalue weighted by molar-refractivity contribution is 6.06. The van der Waals surface area contributed by atoms with Gasteiger partial charge in [-0.05, 0) is 38.8 Å². The van der Waals surface area contributed by atoms with Gasteiger partial charge in [0.05, 0.1) is 7.11 Å². The highest BCUT2D eigenvalue weighted by atomic mass is 16.5. The largest absolute Gasteiger partial charge is 0.507 e. The molecule has 0 unspecified atom stereocenters. The number of ether oxygens (including phenoxy) is 3.